The molecule has 0 spiro atoms. The highest BCUT2D eigenvalue weighted by atomic mass is 127. The zero-order chi connectivity index (χ0) is 19.8. The molecule has 2 atom stereocenters. The zero-order valence-corrected chi connectivity index (χ0v) is 20.9. The van der Waals surface area contributed by atoms with Crippen LogP contribution in [-0.4, -0.2) is 68.0 Å². The zero-order valence-electron chi connectivity index (χ0n) is 17.7. The number of piperidine rings is 1. The van der Waals surface area contributed by atoms with E-state index in [9.17, 15) is 4.79 Å². The quantitative estimate of drug-likeness (QED) is 0.321. The maximum Gasteiger partial charge on any atom is 0.224 e. The summed E-state index contributed by atoms with van der Waals surface area (Å²) >= 11 is 1.85. The van der Waals surface area contributed by atoms with Crippen LogP contribution < -0.4 is 10.6 Å². The van der Waals surface area contributed by atoms with E-state index < -0.39 is 0 Å². The second kappa shape index (κ2) is 12.7. The van der Waals surface area contributed by atoms with Crippen molar-refractivity contribution in [3.63, 3.8) is 0 Å². The van der Waals surface area contributed by atoms with Gasteiger partial charge in [-0.25, -0.2) is 0 Å². The molecule has 8 heteroatoms. The number of thiophene rings is 1. The summed E-state index contributed by atoms with van der Waals surface area (Å²) in [5.74, 6) is 1.61. The molecule has 6 nitrogen and oxygen atoms in total. The molecule has 1 aromatic heterocycles. The van der Waals surface area contributed by atoms with Crippen molar-refractivity contribution in [1.29, 1.82) is 0 Å². The SMILES string of the molecule is CCNC(=NCC1CCCN(C)C1c1cccs1)NCCC(=O)N1CCCC1.I. The van der Waals surface area contributed by atoms with Gasteiger partial charge in [0.2, 0.25) is 5.91 Å². The van der Waals surface area contributed by atoms with E-state index in [0.717, 1.165) is 51.5 Å². The summed E-state index contributed by atoms with van der Waals surface area (Å²) in [4.78, 5) is 23.0. The smallest absolute Gasteiger partial charge is 0.224 e. The van der Waals surface area contributed by atoms with Crippen molar-refractivity contribution in [3.8, 4) is 0 Å². The molecular formula is C21H36IN5OS. The molecule has 2 aliphatic rings. The Kier molecular flexibility index (Phi) is 10.7. The number of likely N-dealkylation sites (tertiary alicyclic amines) is 2. The van der Waals surface area contributed by atoms with E-state index in [-0.39, 0.29) is 29.9 Å². The third-order valence-corrected chi connectivity index (χ3v) is 6.70. The highest BCUT2D eigenvalue weighted by Gasteiger charge is 2.31. The van der Waals surface area contributed by atoms with E-state index in [1.54, 1.807) is 0 Å². The highest BCUT2D eigenvalue weighted by Crippen LogP contribution is 2.37. The van der Waals surface area contributed by atoms with Gasteiger partial charge in [0.1, 0.15) is 0 Å². The van der Waals surface area contributed by atoms with Crippen molar-refractivity contribution in [1.82, 2.24) is 20.4 Å². The Morgan fingerprint density at radius 1 is 1.24 bits per heavy atom. The summed E-state index contributed by atoms with van der Waals surface area (Å²) < 4.78 is 0. The molecule has 0 aromatic carbocycles. The first-order valence-electron chi connectivity index (χ1n) is 10.7. The van der Waals surface area contributed by atoms with Gasteiger partial charge in [-0.1, -0.05) is 6.07 Å². The first-order chi connectivity index (χ1) is 13.7. The van der Waals surface area contributed by atoms with Gasteiger partial charge in [0.15, 0.2) is 5.96 Å². The molecule has 164 valence electrons. The Hall–Kier alpha value is -0.870. The predicted octanol–water partition coefficient (Wildman–Crippen LogP) is 3.32. The summed E-state index contributed by atoms with van der Waals surface area (Å²) in [6, 6.07) is 4.85. The number of carbonyl (C=O) groups is 1. The lowest BCUT2D eigenvalue weighted by Gasteiger charge is -2.38. The number of hydrogen-bond donors (Lipinski definition) is 2. The second-order valence-corrected chi connectivity index (χ2v) is 8.81. The molecule has 2 N–H and O–H groups in total. The van der Waals surface area contributed by atoms with Crippen LogP contribution in [0.3, 0.4) is 0 Å². The van der Waals surface area contributed by atoms with Crippen molar-refractivity contribution < 1.29 is 4.79 Å². The minimum Gasteiger partial charge on any atom is -0.357 e. The fourth-order valence-corrected chi connectivity index (χ4v) is 5.31. The second-order valence-electron chi connectivity index (χ2n) is 7.83. The summed E-state index contributed by atoms with van der Waals surface area (Å²) in [6.45, 7) is 7.35. The van der Waals surface area contributed by atoms with Gasteiger partial charge in [0.25, 0.3) is 0 Å². The van der Waals surface area contributed by atoms with Crippen LogP contribution in [0, 0.1) is 5.92 Å². The average molecular weight is 534 g/mol. The minimum absolute atomic E-state index is 0. The molecular weight excluding hydrogens is 497 g/mol. The number of carbonyl (C=O) groups excluding carboxylic acids is 1. The van der Waals surface area contributed by atoms with Gasteiger partial charge in [0, 0.05) is 50.1 Å². The normalized spacial score (nSPS) is 23.0. The van der Waals surface area contributed by atoms with E-state index in [1.165, 1.54) is 17.7 Å². The monoisotopic (exact) mass is 533 g/mol. The van der Waals surface area contributed by atoms with Crippen molar-refractivity contribution in [3.05, 3.63) is 22.4 Å². The third-order valence-electron chi connectivity index (χ3n) is 5.76. The Morgan fingerprint density at radius 2 is 2.03 bits per heavy atom. The average Bonchev–Trinajstić information content (AvgIpc) is 3.40. The van der Waals surface area contributed by atoms with Crippen molar-refractivity contribution in [2.45, 2.75) is 45.1 Å². The fourth-order valence-electron chi connectivity index (χ4n) is 4.32. The molecule has 3 heterocycles. The van der Waals surface area contributed by atoms with Crippen molar-refractivity contribution in [2.75, 3.05) is 46.3 Å². The number of nitrogens with zero attached hydrogens (tertiary/aromatic N) is 3. The molecule has 2 aliphatic heterocycles. The van der Waals surface area contributed by atoms with Crippen LogP contribution in [0.15, 0.2) is 22.5 Å². The van der Waals surface area contributed by atoms with Gasteiger partial charge in [-0.15, -0.1) is 35.3 Å². The summed E-state index contributed by atoms with van der Waals surface area (Å²) in [6.07, 6.45) is 5.26. The van der Waals surface area contributed by atoms with E-state index >= 15 is 0 Å². The van der Waals surface area contributed by atoms with Crippen LogP contribution in [0.1, 0.15) is 49.9 Å². The van der Waals surface area contributed by atoms with Crippen LogP contribution in [-0.2, 0) is 4.79 Å². The van der Waals surface area contributed by atoms with E-state index in [4.69, 9.17) is 4.99 Å². The van der Waals surface area contributed by atoms with Gasteiger partial charge in [-0.3, -0.25) is 14.7 Å². The summed E-state index contributed by atoms with van der Waals surface area (Å²) in [7, 11) is 2.23. The van der Waals surface area contributed by atoms with Gasteiger partial charge in [-0.2, -0.15) is 0 Å². The number of nitrogens with one attached hydrogen (secondary N) is 2. The molecule has 0 saturated carbocycles. The minimum atomic E-state index is 0. The number of amides is 1. The topological polar surface area (TPSA) is 60.0 Å². The van der Waals surface area contributed by atoms with Crippen molar-refractivity contribution in [2.24, 2.45) is 10.9 Å². The van der Waals surface area contributed by atoms with E-state index in [2.05, 4.69) is 47.0 Å². The molecule has 29 heavy (non-hydrogen) atoms. The largest absolute Gasteiger partial charge is 0.357 e. The van der Waals surface area contributed by atoms with E-state index in [1.807, 2.05) is 16.2 Å². The van der Waals surface area contributed by atoms with Crippen LogP contribution in [0.5, 0.6) is 0 Å². The highest BCUT2D eigenvalue weighted by molar-refractivity contribution is 14.0. The summed E-state index contributed by atoms with van der Waals surface area (Å²) in [5.41, 5.74) is 0. The van der Waals surface area contributed by atoms with Gasteiger partial charge >= 0.3 is 0 Å². The van der Waals surface area contributed by atoms with Gasteiger partial charge in [0.05, 0.1) is 0 Å². The standard InChI is InChI=1S/C21H35N5OS.HI/c1-3-22-21(23-11-10-19(27)26-13-4-5-14-26)24-16-17-8-6-12-25(2)20(17)18-9-7-15-28-18;/h7,9,15,17,20H,3-6,8,10-14,16H2,1-2H3,(H2,22,23,24);1H. The predicted molar refractivity (Wildman–Crippen MR) is 132 cm³/mol. The molecule has 2 fully saturated rings. The number of guanidine groups is 1. The molecule has 2 unspecified atom stereocenters. The number of aliphatic imine (C=N–C) groups is 1. The van der Waals surface area contributed by atoms with E-state index in [0.29, 0.717) is 24.9 Å². The first kappa shape index (κ1) is 24.4. The lowest BCUT2D eigenvalue weighted by molar-refractivity contribution is -0.129. The number of halogens is 1. The maximum absolute atomic E-state index is 12.2. The Bertz CT molecular complexity index is 633. The molecule has 0 bridgehead atoms. The van der Waals surface area contributed by atoms with Gasteiger partial charge in [-0.05, 0) is 63.6 Å². The van der Waals surface area contributed by atoms with Gasteiger partial charge < -0.3 is 15.5 Å². The van der Waals surface area contributed by atoms with Crippen LogP contribution in [0.25, 0.3) is 0 Å². The fraction of sp³-hybridized carbons (Fsp3) is 0.714. The lowest BCUT2D eigenvalue weighted by Crippen LogP contribution is -2.41. The summed E-state index contributed by atoms with van der Waals surface area (Å²) in [5, 5.41) is 8.85. The van der Waals surface area contributed by atoms with Crippen LogP contribution >= 0.6 is 35.3 Å². The molecule has 1 aromatic rings. The van der Waals surface area contributed by atoms with Crippen molar-refractivity contribution >= 4 is 47.2 Å². The molecule has 0 aliphatic carbocycles. The lowest BCUT2D eigenvalue weighted by atomic mass is 9.88. The molecule has 2 saturated heterocycles. The third kappa shape index (κ3) is 7.10. The Morgan fingerprint density at radius 3 is 2.72 bits per heavy atom. The molecule has 3 rings (SSSR count). The molecule has 1 amide bonds. The maximum atomic E-state index is 12.2. The number of rotatable bonds is 7. The van der Waals surface area contributed by atoms with Crippen LogP contribution in [0.2, 0.25) is 0 Å². The Labute approximate surface area is 196 Å². The molecule has 0 radical (unpaired) electrons. The number of hydrogen-bond acceptors (Lipinski definition) is 4. The first-order valence-corrected chi connectivity index (χ1v) is 11.6. The van der Waals surface area contributed by atoms with Crippen LogP contribution in [0.4, 0.5) is 0 Å². The Balaban J connectivity index is 0.00000300.